The van der Waals surface area contributed by atoms with Crippen molar-refractivity contribution in [3.8, 4) is 11.5 Å². The molecule has 0 heterocycles. The summed E-state index contributed by atoms with van der Waals surface area (Å²) < 4.78 is 10.5. The van der Waals surface area contributed by atoms with E-state index in [1.807, 2.05) is 25.1 Å². The molecule has 23 heavy (non-hydrogen) atoms. The van der Waals surface area contributed by atoms with Crippen molar-refractivity contribution >= 4 is 18.3 Å². The van der Waals surface area contributed by atoms with Crippen LogP contribution >= 0.6 is 12.4 Å². The van der Waals surface area contributed by atoms with E-state index >= 15 is 0 Å². The summed E-state index contributed by atoms with van der Waals surface area (Å²) in [6.45, 7) is 6.08. The average molecular weight is 345 g/mol. The van der Waals surface area contributed by atoms with Gasteiger partial charge in [0, 0.05) is 6.04 Å². The first-order valence-electron chi connectivity index (χ1n) is 7.64. The lowest BCUT2D eigenvalue weighted by Crippen LogP contribution is -2.45. The standard InChI is InChI=1S/C17H28N2O3.ClH/c1-11(2)8-14(18)17(20)19-12(3)9-13-6-7-15(21-4)16(10-13)22-5;/h6-7,10-12,14H,8-9,18H2,1-5H3,(H,19,20);1H/t12?,14-;/m0./s1. The number of hydrogen-bond acceptors (Lipinski definition) is 4. The molecule has 0 bridgehead atoms. The van der Waals surface area contributed by atoms with Crippen molar-refractivity contribution in [2.24, 2.45) is 11.7 Å². The van der Waals surface area contributed by atoms with E-state index < -0.39 is 6.04 Å². The van der Waals surface area contributed by atoms with Gasteiger partial charge in [-0.3, -0.25) is 4.79 Å². The van der Waals surface area contributed by atoms with Crippen molar-refractivity contribution in [2.45, 2.75) is 45.7 Å². The van der Waals surface area contributed by atoms with Gasteiger partial charge in [-0.2, -0.15) is 0 Å². The molecule has 0 aliphatic rings. The molecular weight excluding hydrogens is 316 g/mol. The van der Waals surface area contributed by atoms with E-state index in [1.165, 1.54) is 0 Å². The van der Waals surface area contributed by atoms with Crippen LogP contribution < -0.4 is 20.5 Å². The van der Waals surface area contributed by atoms with Crippen LogP contribution in [0.3, 0.4) is 0 Å². The molecule has 1 rings (SSSR count). The van der Waals surface area contributed by atoms with Crippen molar-refractivity contribution in [3.63, 3.8) is 0 Å². The Morgan fingerprint density at radius 3 is 2.30 bits per heavy atom. The lowest BCUT2D eigenvalue weighted by Gasteiger charge is -2.19. The van der Waals surface area contributed by atoms with Gasteiger partial charge in [0.05, 0.1) is 20.3 Å². The van der Waals surface area contributed by atoms with Crippen LogP contribution in [0.1, 0.15) is 32.8 Å². The van der Waals surface area contributed by atoms with Crippen molar-refractivity contribution < 1.29 is 14.3 Å². The maximum Gasteiger partial charge on any atom is 0.237 e. The molecule has 5 nitrogen and oxygen atoms in total. The monoisotopic (exact) mass is 344 g/mol. The average Bonchev–Trinajstić information content (AvgIpc) is 2.46. The van der Waals surface area contributed by atoms with Crippen LogP contribution in [0.2, 0.25) is 0 Å². The van der Waals surface area contributed by atoms with Crippen LogP contribution in [0.4, 0.5) is 0 Å². The highest BCUT2D eigenvalue weighted by Gasteiger charge is 2.17. The zero-order chi connectivity index (χ0) is 16.7. The second-order valence-corrected chi connectivity index (χ2v) is 6.04. The SMILES string of the molecule is COc1ccc(CC(C)NC(=O)[C@@H](N)CC(C)C)cc1OC.Cl. The second kappa shape index (κ2) is 10.3. The molecule has 1 aromatic rings. The lowest BCUT2D eigenvalue weighted by atomic mass is 10.0. The summed E-state index contributed by atoms with van der Waals surface area (Å²) >= 11 is 0. The smallest absolute Gasteiger partial charge is 0.237 e. The van der Waals surface area contributed by atoms with Crippen LogP contribution in [0.5, 0.6) is 11.5 Å². The van der Waals surface area contributed by atoms with E-state index in [9.17, 15) is 4.79 Å². The third-order valence-electron chi connectivity index (χ3n) is 3.44. The number of nitrogens with one attached hydrogen (secondary N) is 1. The predicted octanol–water partition coefficient (Wildman–Crippen LogP) is 2.55. The van der Waals surface area contributed by atoms with Crippen LogP contribution in [-0.4, -0.2) is 32.2 Å². The number of methoxy groups -OCH3 is 2. The second-order valence-electron chi connectivity index (χ2n) is 6.04. The summed E-state index contributed by atoms with van der Waals surface area (Å²) in [7, 11) is 3.22. The number of rotatable bonds is 8. The Kier molecular flexibility index (Phi) is 9.68. The van der Waals surface area contributed by atoms with Crippen LogP contribution in [0.25, 0.3) is 0 Å². The van der Waals surface area contributed by atoms with Crippen LogP contribution in [0, 0.1) is 5.92 Å². The number of ether oxygens (including phenoxy) is 2. The van der Waals surface area contributed by atoms with E-state index in [4.69, 9.17) is 15.2 Å². The number of benzene rings is 1. The molecule has 6 heteroatoms. The Bertz CT molecular complexity index is 495. The number of amides is 1. The molecule has 0 radical (unpaired) electrons. The molecule has 0 spiro atoms. The summed E-state index contributed by atoms with van der Waals surface area (Å²) in [6.07, 6.45) is 1.40. The first kappa shape index (κ1) is 21.5. The normalized spacial score (nSPS) is 13.0. The third-order valence-corrected chi connectivity index (χ3v) is 3.44. The van der Waals surface area contributed by atoms with E-state index in [1.54, 1.807) is 14.2 Å². The van der Waals surface area contributed by atoms with Gasteiger partial charge in [-0.25, -0.2) is 0 Å². The van der Waals surface area contributed by atoms with E-state index in [2.05, 4.69) is 19.2 Å². The maximum atomic E-state index is 12.0. The summed E-state index contributed by atoms with van der Waals surface area (Å²) in [6, 6.07) is 5.32. The number of carbonyl (C=O) groups is 1. The fourth-order valence-electron chi connectivity index (χ4n) is 2.38. The van der Waals surface area contributed by atoms with Gasteiger partial charge in [0.1, 0.15) is 0 Å². The van der Waals surface area contributed by atoms with Crippen LogP contribution in [-0.2, 0) is 11.2 Å². The van der Waals surface area contributed by atoms with E-state index in [0.717, 1.165) is 5.56 Å². The molecule has 1 unspecified atom stereocenters. The topological polar surface area (TPSA) is 73.6 Å². The highest BCUT2D eigenvalue weighted by atomic mass is 35.5. The van der Waals surface area contributed by atoms with Gasteiger partial charge in [0.15, 0.2) is 11.5 Å². The van der Waals surface area contributed by atoms with Crippen molar-refractivity contribution in [1.82, 2.24) is 5.32 Å². The van der Waals surface area contributed by atoms with Gasteiger partial charge in [0.25, 0.3) is 0 Å². The van der Waals surface area contributed by atoms with Gasteiger partial charge < -0.3 is 20.5 Å². The molecule has 0 aliphatic heterocycles. The highest BCUT2D eigenvalue weighted by molar-refractivity contribution is 5.85. The fraction of sp³-hybridized carbons (Fsp3) is 0.588. The van der Waals surface area contributed by atoms with Crippen LogP contribution in [0.15, 0.2) is 18.2 Å². The van der Waals surface area contributed by atoms with Gasteiger partial charge in [-0.15, -0.1) is 12.4 Å². The molecule has 0 saturated carbocycles. The van der Waals surface area contributed by atoms with E-state index in [0.29, 0.717) is 30.3 Å². The Balaban J connectivity index is 0.00000484. The number of hydrogen-bond donors (Lipinski definition) is 2. The molecular formula is C17H29ClN2O3. The molecule has 1 aromatic carbocycles. The Morgan fingerprint density at radius 2 is 1.78 bits per heavy atom. The Hall–Kier alpha value is -1.46. The minimum Gasteiger partial charge on any atom is -0.493 e. The Morgan fingerprint density at radius 1 is 1.17 bits per heavy atom. The quantitative estimate of drug-likeness (QED) is 0.760. The van der Waals surface area contributed by atoms with Crippen molar-refractivity contribution in [1.29, 1.82) is 0 Å². The van der Waals surface area contributed by atoms with Gasteiger partial charge in [-0.05, 0) is 43.4 Å². The molecule has 0 saturated heterocycles. The lowest BCUT2D eigenvalue weighted by molar-refractivity contribution is -0.123. The van der Waals surface area contributed by atoms with Gasteiger partial charge >= 0.3 is 0 Å². The first-order chi connectivity index (χ1) is 10.4. The number of nitrogens with two attached hydrogens (primary N) is 1. The fourth-order valence-corrected chi connectivity index (χ4v) is 2.38. The van der Waals surface area contributed by atoms with E-state index in [-0.39, 0.29) is 24.4 Å². The molecule has 0 fully saturated rings. The minimum absolute atomic E-state index is 0. The largest absolute Gasteiger partial charge is 0.493 e. The zero-order valence-electron chi connectivity index (χ0n) is 14.6. The zero-order valence-corrected chi connectivity index (χ0v) is 15.4. The molecule has 1 amide bonds. The molecule has 132 valence electrons. The molecule has 0 aromatic heterocycles. The summed E-state index contributed by atoms with van der Waals surface area (Å²) in [5.74, 6) is 1.69. The first-order valence-corrected chi connectivity index (χ1v) is 7.64. The van der Waals surface area contributed by atoms with Gasteiger partial charge in [-0.1, -0.05) is 19.9 Å². The third kappa shape index (κ3) is 7.10. The summed E-state index contributed by atoms with van der Waals surface area (Å²) in [4.78, 5) is 12.0. The number of carbonyl (C=O) groups excluding carboxylic acids is 1. The van der Waals surface area contributed by atoms with Crippen molar-refractivity contribution in [2.75, 3.05) is 14.2 Å². The summed E-state index contributed by atoms with van der Waals surface area (Å²) in [5, 5.41) is 2.96. The number of halogens is 1. The molecule has 3 N–H and O–H groups in total. The molecule has 0 aliphatic carbocycles. The maximum absolute atomic E-state index is 12.0. The highest BCUT2D eigenvalue weighted by Crippen LogP contribution is 2.27. The van der Waals surface area contributed by atoms with Crippen molar-refractivity contribution in [3.05, 3.63) is 23.8 Å². The minimum atomic E-state index is -0.451. The predicted molar refractivity (Wildman–Crippen MR) is 95.5 cm³/mol. The molecule has 2 atom stereocenters. The Labute approximate surface area is 145 Å². The van der Waals surface area contributed by atoms with Gasteiger partial charge in [0.2, 0.25) is 5.91 Å². The summed E-state index contributed by atoms with van der Waals surface area (Å²) in [5.41, 5.74) is 6.97.